The van der Waals surface area contributed by atoms with Gasteiger partial charge >= 0.3 is 7.12 Å². The van der Waals surface area contributed by atoms with Crippen LogP contribution in [-0.2, 0) is 9.31 Å². The summed E-state index contributed by atoms with van der Waals surface area (Å²) in [7, 11) is -0.825. The maximum absolute atomic E-state index is 14.3. The summed E-state index contributed by atoms with van der Waals surface area (Å²) in [6.07, 6.45) is 1.98. The van der Waals surface area contributed by atoms with E-state index >= 15 is 0 Å². The van der Waals surface area contributed by atoms with Gasteiger partial charge in [-0.25, -0.2) is 4.39 Å². The Labute approximate surface area is 148 Å². The van der Waals surface area contributed by atoms with Crippen LogP contribution in [0.5, 0.6) is 0 Å². The van der Waals surface area contributed by atoms with Gasteiger partial charge in [0.25, 0.3) is 5.91 Å². The van der Waals surface area contributed by atoms with Crippen molar-refractivity contribution in [2.45, 2.75) is 57.8 Å². The summed E-state index contributed by atoms with van der Waals surface area (Å²) in [4.78, 5) is 12.5. The van der Waals surface area contributed by atoms with Crippen molar-refractivity contribution in [1.82, 2.24) is 10.6 Å². The molecule has 2 saturated heterocycles. The van der Waals surface area contributed by atoms with Crippen LogP contribution in [0.15, 0.2) is 18.2 Å². The molecule has 2 aliphatic heterocycles. The molecule has 0 unspecified atom stereocenters. The maximum Gasteiger partial charge on any atom is 0.497 e. The lowest BCUT2D eigenvalue weighted by molar-refractivity contribution is 0.00578. The van der Waals surface area contributed by atoms with Crippen LogP contribution in [-0.4, -0.2) is 43.4 Å². The monoisotopic (exact) mass is 348 g/mol. The first-order valence-corrected chi connectivity index (χ1v) is 8.86. The van der Waals surface area contributed by atoms with Crippen LogP contribution < -0.4 is 16.1 Å². The van der Waals surface area contributed by atoms with Crippen molar-refractivity contribution in [3.05, 3.63) is 29.6 Å². The van der Waals surface area contributed by atoms with Gasteiger partial charge in [-0.15, -0.1) is 0 Å². The fourth-order valence-electron chi connectivity index (χ4n) is 3.08. The topological polar surface area (TPSA) is 59.6 Å². The number of halogens is 1. The molecule has 1 aromatic carbocycles. The molecule has 2 N–H and O–H groups in total. The highest BCUT2D eigenvalue weighted by molar-refractivity contribution is 6.62. The number of piperidine rings is 1. The zero-order valence-electron chi connectivity index (χ0n) is 15.3. The Kier molecular flexibility index (Phi) is 4.92. The highest BCUT2D eigenvalue weighted by Crippen LogP contribution is 2.36. The van der Waals surface area contributed by atoms with Crippen molar-refractivity contribution in [2.75, 3.05) is 13.1 Å². The molecule has 3 rings (SSSR count). The Morgan fingerprint density at radius 3 is 2.56 bits per heavy atom. The van der Waals surface area contributed by atoms with E-state index in [2.05, 4.69) is 10.6 Å². The molecule has 0 saturated carbocycles. The van der Waals surface area contributed by atoms with Gasteiger partial charge in [-0.1, -0.05) is 0 Å². The lowest BCUT2D eigenvalue weighted by atomic mass is 9.78. The molecule has 7 heteroatoms. The molecule has 0 spiro atoms. The summed E-state index contributed by atoms with van der Waals surface area (Å²) in [5, 5.41) is 6.26. The molecule has 1 amide bonds. The third-order valence-corrected chi connectivity index (χ3v) is 5.40. The third-order valence-electron chi connectivity index (χ3n) is 5.40. The van der Waals surface area contributed by atoms with Crippen LogP contribution in [0.2, 0.25) is 0 Å². The van der Waals surface area contributed by atoms with Crippen molar-refractivity contribution in [1.29, 1.82) is 0 Å². The summed E-state index contributed by atoms with van der Waals surface area (Å²) in [5.41, 5.74) is -0.448. The van der Waals surface area contributed by atoms with Crippen LogP contribution in [0.1, 0.15) is 50.9 Å². The average Bonchev–Trinajstić information content (AvgIpc) is 2.76. The second kappa shape index (κ2) is 6.70. The Bertz CT molecular complexity index is 644. The van der Waals surface area contributed by atoms with E-state index < -0.39 is 24.1 Å². The number of carbonyl (C=O) groups excluding carboxylic acids is 1. The molecule has 1 atom stereocenters. The lowest BCUT2D eigenvalue weighted by Gasteiger charge is -2.32. The smallest absolute Gasteiger partial charge is 0.399 e. The van der Waals surface area contributed by atoms with Crippen LogP contribution in [0.4, 0.5) is 4.39 Å². The molecule has 0 aromatic heterocycles. The number of amides is 1. The predicted molar refractivity (Wildman–Crippen MR) is 95.5 cm³/mol. The zero-order valence-corrected chi connectivity index (χ0v) is 15.3. The minimum atomic E-state index is -0.825. The molecule has 25 heavy (non-hydrogen) atoms. The third kappa shape index (κ3) is 3.73. The van der Waals surface area contributed by atoms with Gasteiger partial charge < -0.3 is 19.9 Å². The van der Waals surface area contributed by atoms with E-state index in [0.717, 1.165) is 25.9 Å². The summed E-state index contributed by atoms with van der Waals surface area (Å²) in [6, 6.07) is 4.43. The van der Waals surface area contributed by atoms with Gasteiger partial charge in [0, 0.05) is 23.6 Å². The average molecular weight is 348 g/mol. The Morgan fingerprint density at radius 1 is 1.28 bits per heavy atom. The highest BCUT2D eigenvalue weighted by Gasteiger charge is 2.52. The molecule has 5 nitrogen and oxygen atoms in total. The van der Waals surface area contributed by atoms with E-state index in [0.29, 0.717) is 5.56 Å². The highest BCUT2D eigenvalue weighted by atomic mass is 19.1. The minimum Gasteiger partial charge on any atom is -0.399 e. The molecular weight excluding hydrogens is 322 g/mol. The number of benzene rings is 1. The van der Waals surface area contributed by atoms with Crippen LogP contribution >= 0.6 is 0 Å². The van der Waals surface area contributed by atoms with Crippen molar-refractivity contribution in [3.63, 3.8) is 0 Å². The molecule has 0 aliphatic carbocycles. The van der Waals surface area contributed by atoms with E-state index in [4.69, 9.17) is 9.31 Å². The van der Waals surface area contributed by atoms with Gasteiger partial charge in [0.15, 0.2) is 0 Å². The van der Waals surface area contributed by atoms with E-state index in [1.165, 1.54) is 18.2 Å². The number of carbonyl (C=O) groups is 1. The Balaban J connectivity index is 1.78. The summed E-state index contributed by atoms with van der Waals surface area (Å²) < 4.78 is 26.2. The molecule has 2 aliphatic rings. The predicted octanol–water partition coefficient (Wildman–Crippen LogP) is 1.61. The fraction of sp³-hybridized carbons (Fsp3) is 0.611. The standard InChI is InChI=1S/C18H26BFN2O3/c1-17(2)18(3,4)25-19(24-17)14-10-12(7-8-15(14)20)16(23)22-13-6-5-9-21-11-13/h7-8,10,13,21H,5-6,9,11H2,1-4H3,(H,22,23)/t13-/m0/s1. The molecule has 0 bridgehead atoms. The van der Waals surface area contributed by atoms with Gasteiger partial charge in [-0.05, 0) is 65.3 Å². The van der Waals surface area contributed by atoms with E-state index in [1.807, 2.05) is 27.7 Å². The van der Waals surface area contributed by atoms with Gasteiger partial charge in [0.05, 0.1) is 11.2 Å². The van der Waals surface area contributed by atoms with Crippen molar-refractivity contribution < 1.29 is 18.5 Å². The van der Waals surface area contributed by atoms with E-state index in [-0.39, 0.29) is 17.4 Å². The van der Waals surface area contributed by atoms with Gasteiger partial charge in [0.2, 0.25) is 0 Å². The molecule has 0 radical (unpaired) electrons. The second-order valence-electron chi connectivity index (χ2n) is 7.84. The molecule has 136 valence electrons. The molecule has 1 aromatic rings. The Hall–Kier alpha value is -1.44. The second-order valence-corrected chi connectivity index (χ2v) is 7.84. The number of hydrogen-bond acceptors (Lipinski definition) is 4. The van der Waals surface area contributed by atoms with Crippen LogP contribution in [0, 0.1) is 5.82 Å². The first-order chi connectivity index (χ1) is 11.7. The van der Waals surface area contributed by atoms with Crippen molar-refractivity contribution >= 4 is 18.5 Å². The normalized spacial score (nSPS) is 25.0. The fourth-order valence-corrected chi connectivity index (χ4v) is 3.08. The summed E-state index contributed by atoms with van der Waals surface area (Å²) in [5.74, 6) is -0.638. The van der Waals surface area contributed by atoms with Gasteiger partial charge in [-0.2, -0.15) is 0 Å². The molecular formula is C18H26BFN2O3. The van der Waals surface area contributed by atoms with Gasteiger partial charge in [-0.3, -0.25) is 4.79 Å². The SMILES string of the molecule is CC1(C)OB(c2cc(C(=O)N[C@H]3CCCNC3)ccc2F)OC1(C)C. The number of rotatable bonds is 3. The summed E-state index contributed by atoms with van der Waals surface area (Å²) in [6.45, 7) is 9.40. The quantitative estimate of drug-likeness (QED) is 0.815. The Morgan fingerprint density at radius 2 is 1.96 bits per heavy atom. The number of nitrogens with one attached hydrogen (secondary N) is 2. The molecule has 2 heterocycles. The first kappa shape index (κ1) is 18.4. The lowest BCUT2D eigenvalue weighted by Crippen LogP contribution is -2.46. The summed E-state index contributed by atoms with van der Waals surface area (Å²) >= 11 is 0. The molecule has 2 fully saturated rings. The first-order valence-electron chi connectivity index (χ1n) is 8.86. The van der Waals surface area contributed by atoms with Crippen molar-refractivity contribution in [3.8, 4) is 0 Å². The minimum absolute atomic E-state index is 0.103. The van der Waals surface area contributed by atoms with Crippen LogP contribution in [0.25, 0.3) is 0 Å². The van der Waals surface area contributed by atoms with Gasteiger partial charge in [0.1, 0.15) is 5.82 Å². The van der Waals surface area contributed by atoms with Crippen molar-refractivity contribution in [2.24, 2.45) is 0 Å². The van der Waals surface area contributed by atoms with E-state index in [1.54, 1.807) is 0 Å². The van der Waals surface area contributed by atoms with E-state index in [9.17, 15) is 9.18 Å². The largest absolute Gasteiger partial charge is 0.497 e. The number of hydrogen-bond donors (Lipinski definition) is 2. The van der Waals surface area contributed by atoms with Crippen LogP contribution in [0.3, 0.4) is 0 Å². The zero-order chi connectivity index (χ0) is 18.2. The maximum atomic E-state index is 14.3.